The van der Waals surface area contributed by atoms with Crippen molar-refractivity contribution in [3.8, 4) is 0 Å². The maximum Gasteiger partial charge on any atom is 0.271 e. The Morgan fingerprint density at radius 3 is 2.92 bits per heavy atom. The number of fused-ring (bicyclic) bond motifs is 1. The molecule has 1 aliphatic rings. The molecule has 0 saturated heterocycles. The third-order valence-electron chi connectivity index (χ3n) is 3.78. The summed E-state index contributed by atoms with van der Waals surface area (Å²) in [7, 11) is -2.08. The van der Waals surface area contributed by atoms with Gasteiger partial charge in [-0.1, -0.05) is 6.07 Å². The van der Waals surface area contributed by atoms with Crippen LogP contribution in [0.5, 0.6) is 0 Å². The summed E-state index contributed by atoms with van der Waals surface area (Å²) in [4.78, 5) is 13.8. The molecule has 8 heteroatoms. The van der Waals surface area contributed by atoms with Crippen LogP contribution < -0.4 is 9.62 Å². The van der Waals surface area contributed by atoms with E-state index in [9.17, 15) is 13.2 Å². The Kier molecular flexibility index (Phi) is 4.88. The Balaban J connectivity index is 1.85. The smallest absolute Gasteiger partial charge is 0.271 e. The Labute approximate surface area is 145 Å². The van der Waals surface area contributed by atoms with E-state index in [-0.39, 0.29) is 16.7 Å². The number of ether oxygens (including phenoxy) is 1. The summed E-state index contributed by atoms with van der Waals surface area (Å²) in [6, 6.07) is 8.53. The molecule has 6 nitrogen and oxygen atoms in total. The van der Waals surface area contributed by atoms with Crippen molar-refractivity contribution < 1.29 is 17.9 Å². The Hall–Kier alpha value is -1.90. The van der Waals surface area contributed by atoms with Crippen LogP contribution in [0.4, 0.5) is 11.4 Å². The fraction of sp³-hybridized carbons (Fsp3) is 0.312. The topological polar surface area (TPSA) is 75.7 Å². The van der Waals surface area contributed by atoms with Crippen molar-refractivity contribution >= 4 is 38.6 Å². The van der Waals surface area contributed by atoms with Crippen LogP contribution in [0.15, 0.2) is 39.9 Å². The molecule has 1 aromatic heterocycles. The number of aryl methyl sites for hydroxylation is 1. The van der Waals surface area contributed by atoms with E-state index in [1.54, 1.807) is 40.6 Å². The zero-order valence-corrected chi connectivity index (χ0v) is 14.8. The average Bonchev–Trinajstić information content (AvgIpc) is 3.09. The molecule has 128 valence electrons. The number of hydrogen-bond donors (Lipinski definition) is 1. The highest BCUT2D eigenvalue weighted by Crippen LogP contribution is 2.31. The second-order valence-electron chi connectivity index (χ2n) is 5.46. The number of benzene rings is 1. The average molecular weight is 366 g/mol. The van der Waals surface area contributed by atoms with Crippen LogP contribution in [-0.4, -0.2) is 34.6 Å². The van der Waals surface area contributed by atoms with Gasteiger partial charge in [-0.25, -0.2) is 8.42 Å². The van der Waals surface area contributed by atoms with Crippen LogP contribution in [0, 0.1) is 0 Å². The number of anilines is 2. The van der Waals surface area contributed by atoms with Crippen LogP contribution in [0.2, 0.25) is 0 Å². The number of nitrogens with zero attached hydrogens (tertiary/aromatic N) is 1. The molecule has 0 spiro atoms. The first kappa shape index (κ1) is 16.9. The predicted octanol–water partition coefficient (Wildman–Crippen LogP) is 2.47. The zero-order valence-electron chi connectivity index (χ0n) is 13.2. The molecule has 2 heterocycles. The lowest BCUT2D eigenvalue weighted by atomic mass is 10.0. The second kappa shape index (κ2) is 6.92. The number of hydrogen-bond acceptors (Lipinski definition) is 5. The van der Waals surface area contributed by atoms with Crippen LogP contribution in [-0.2, 0) is 26.0 Å². The third kappa shape index (κ3) is 3.45. The lowest BCUT2D eigenvalue weighted by molar-refractivity contribution is -0.122. The normalized spacial score (nSPS) is 14.3. The number of sulfonamides is 1. The van der Waals surface area contributed by atoms with Gasteiger partial charge in [0.2, 0.25) is 0 Å². The van der Waals surface area contributed by atoms with E-state index in [0.717, 1.165) is 24.1 Å². The minimum atomic E-state index is -3.57. The molecule has 0 bridgehead atoms. The Morgan fingerprint density at radius 1 is 1.38 bits per heavy atom. The lowest BCUT2D eigenvalue weighted by Gasteiger charge is -2.29. The van der Waals surface area contributed by atoms with Gasteiger partial charge in [-0.3, -0.25) is 9.52 Å². The van der Waals surface area contributed by atoms with E-state index in [2.05, 4.69) is 4.72 Å². The molecule has 24 heavy (non-hydrogen) atoms. The van der Waals surface area contributed by atoms with Crippen molar-refractivity contribution in [3.05, 3.63) is 41.3 Å². The minimum Gasteiger partial charge on any atom is -0.375 e. The lowest BCUT2D eigenvalue weighted by Crippen LogP contribution is -2.37. The number of carbonyl (C=O) groups excluding carboxylic acids is 1. The van der Waals surface area contributed by atoms with Crippen molar-refractivity contribution in [1.82, 2.24) is 0 Å². The molecule has 0 unspecified atom stereocenters. The molecule has 1 amide bonds. The van der Waals surface area contributed by atoms with Gasteiger partial charge in [0.15, 0.2) is 0 Å². The van der Waals surface area contributed by atoms with Crippen LogP contribution in [0.3, 0.4) is 0 Å². The quantitative estimate of drug-likeness (QED) is 0.882. The van der Waals surface area contributed by atoms with Gasteiger partial charge < -0.3 is 9.64 Å². The molecular formula is C16H18N2O4S2. The van der Waals surface area contributed by atoms with Gasteiger partial charge in [-0.05, 0) is 48.1 Å². The summed E-state index contributed by atoms with van der Waals surface area (Å²) < 4.78 is 32.4. The second-order valence-corrected chi connectivity index (χ2v) is 8.32. The SMILES string of the molecule is COCC(=O)N1CCCc2cc(NS(=O)(=O)c3cccs3)ccc21. The van der Waals surface area contributed by atoms with Gasteiger partial charge in [0.05, 0.1) is 0 Å². The van der Waals surface area contributed by atoms with Crippen molar-refractivity contribution in [1.29, 1.82) is 0 Å². The Morgan fingerprint density at radius 2 is 2.21 bits per heavy atom. The molecular weight excluding hydrogens is 348 g/mol. The summed E-state index contributed by atoms with van der Waals surface area (Å²) in [5, 5.41) is 1.72. The molecule has 0 saturated carbocycles. The minimum absolute atomic E-state index is 0.0339. The summed E-state index contributed by atoms with van der Waals surface area (Å²) in [5.74, 6) is -0.0923. The number of carbonyl (C=O) groups is 1. The van der Waals surface area contributed by atoms with E-state index in [1.807, 2.05) is 0 Å². The van der Waals surface area contributed by atoms with Crippen molar-refractivity contribution in [3.63, 3.8) is 0 Å². The fourth-order valence-corrected chi connectivity index (χ4v) is 4.79. The van der Waals surface area contributed by atoms with Crippen LogP contribution in [0.1, 0.15) is 12.0 Å². The standard InChI is InChI=1S/C16H18N2O4S2/c1-22-11-15(19)18-8-2-4-12-10-13(6-7-14(12)18)17-24(20,21)16-5-3-9-23-16/h3,5-7,9-10,17H,2,4,8,11H2,1H3. The predicted molar refractivity (Wildman–Crippen MR) is 94.1 cm³/mol. The number of thiophene rings is 1. The monoisotopic (exact) mass is 366 g/mol. The molecule has 0 aliphatic carbocycles. The van der Waals surface area contributed by atoms with Crippen LogP contribution >= 0.6 is 11.3 Å². The molecule has 1 aromatic carbocycles. The zero-order chi connectivity index (χ0) is 17.2. The molecule has 1 aliphatic heterocycles. The largest absolute Gasteiger partial charge is 0.375 e. The Bertz CT molecular complexity index is 832. The van der Waals surface area contributed by atoms with Crippen molar-refractivity contribution in [2.75, 3.05) is 29.9 Å². The first-order chi connectivity index (χ1) is 11.5. The van der Waals surface area contributed by atoms with E-state index in [0.29, 0.717) is 12.2 Å². The molecule has 0 radical (unpaired) electrons. The van der Waals surface area contributed by atoms with E-state index in [4.69, 9.17) is 4.74 Å². The first-order valence-electron chi connectivity index (χ1n) is 7.50. The fourth-order valence-electron chi connectivity index (χ4n) is 2.74. The van der Waals surface area contributed by atoms with E-state index in [1.165, 1.54) is 18.4 Å². The van der Waals surface area contributed by atoms with Gasteiger partial charge in [-0.15, -0.1) is 11.3 Å². The summed E-state index contributed by atoms with van der Waals surface area (Å²) in [5.41, 5.74) is 2.28. The van der Waals surface area contributed by atoms with Crippen LogP contribution in [0.25, 0.3) is 0 Å². The molecule has 1 N–H and O–H groups in total. The van der Waals surface area contributed by atoms with Gasteiger partial charge in [0.25, 0.3) is 15.9 Å². The van der Waals surface area contributed by atoms with Gasteiger partial charge in [0, 0.05) is 25.0 Å². The number of amides is 1. The maximum absolute atomic E-state index is 12.3. The molecule has 2 aromatic rings. The number of methoxy groups -OCH3 is 1. The van der Waals surface area contributed by atoms with E-state index >= 15 is 0 Å². The summed E-state index contributed by atoms with van der Waals surface area (Å²) in [6.07, 6.45) is 1.64. The summed E-state index contributed by atoms with van der Waals surface area (Å²) >= 11 is 1.17. The van der Waals surface area contributed by atoms with Gasteiger partial charge >= 0.3 is 0 Å². The van der Waals surface area contributed by atoms with Gasteiger partial charge in [-0.2, -0.15) is 0 Å². The molecule has 0 fully saturated rings. The van der Waals surface area contributed by atoms with Gasteiger partial charge in [0.1, 0.15) is 10.8 Å². The third-order valence-corrected chi connectivity index (χ3v) is 6.56. The summed E-state index contributed by atoms with van der Waals surface area (Å²) in [6.45, 7) is 0.682. The van der Waals surface area contributed by atoms with Crippen molar-refractivity contribution in [2.45, 2.75) is 17.1 Å². The highest BCUT2D eigenvalue weighted by Gasteiger charge is 2.23. The number of nitrogens with one attached hydrogen (secondary N) is 1. The van der Waals surface area contributed by atoms with E-state index < -0.39 is 10.0 Å². The van der Waals surface area contributed by atoms with Crippen molar-refractivity contribution in [2.24, 2.45) is 0 Å². The highest BCUT2D eigenvalue weighted by atomic mass is 32.2. The molecule has 3 rings (SSSR count). The first-order valence-corrected chi connectivity index (χ1v) is 9.86. The maximum atomic E-state index is 12.3. The highest BCUT2D eigenvalue weighted by molar-refractivity contribution is 7.94. The number of rotatable bonds is 5. The molecule has 0 atom stereocenters.